The monoisotopic (exact) mass is 350 g/mol. The largest absolute Gasteiger partial charge is 0.493 e. The second-order valence-electron chi connectivity index (χ2n) is 5.70. The summed E-state index contributed by atoms with van der Waals surface area (Å²) in [4.78, 5) is 24.0. The molecule has 0 saturated carbocycles. The van der Waals surface area contributed by atoms with E-state index >= 15 is 0 Å². The third-order valence-corrected chi connectivity index (χ3v) is 4.00. The van der Waals surface area contributed by atoms with Gasteiger partial charge in [0.2, 0.25) is 0 Å². The fourth-order valence-electron chi connectivity index (χ4n) is 2.57. The number of methoxy groups -OCH3 is 1. The van der Waals surface area contributed by atoms with Crippen LogP contribution in [0.2, 0.25) is 0 Å². The first kappa shape index (κ1) is 17.4. The van der Waals surface area contributed by atoms with E-state index in [0.29, 0.717) is 22.6 Å². The van der Waals surface area contributed by atoms with Crippen LogP contribution in [0.1, 0.15) is 33.3 Å². The van der Waals surface area contributed by atoms with Crippen molar-refractivity contribution in [3.8, 4) is 17.2 Å². The average Bonchev–Trinajstić information content (AvgIpc) is 3.04. The molecule has 0 aliphatic rings. The van der Waals surface area contributed by atoms with Crippen LogP contribution in [0.3, 0.4) is 0 Å². The topological polar surface area (TPSA) is 70.4 Å². The Labute approximate surface area is 151 Å². The summed E-state index contributed by atoms with van der Waals surface area (Å²) >= 11 is 0. The summed E-state index contributed by atoms with van der Waals surface area (Å²) in [5.41, 5.74) is 2.36. The molecular formula is C20H18N2O4. The summed E-state index contributed by atoms with van der Waals surface area (Å²) < 4.78 is 12.4. The number of para-hydroxylation sites is 1. The highest BCUT2D eigenvalue weighted by molar-refractivity contribution is 5.95. The summed E-state index contributed by atoms with van der Waals surface area (Å²) in [6.45, 7) is 3.26. The highest BCUT2D eigenvalue weighted by Crippen LogP contribution is 2.29. The van der Waals surface area contributed by atoms with E-state index in [4.69, 9.17) is 9.47 Å². The van der Waals surface area contributed by atoms with Crippen molar-refractivity contribution < 1.29 is 19.1 Å². The van der Waals surface area contributed by atoms with E-state index < -0.39 is 5.97 Å². The first-order valence-electron chi connectivity index (χ1n) is 8.02. The SMILES string of the molecule is COc1cc(C(C)=O)ccc1OC(=O)c1cnn(-c2ccccc2)c1C. The Bertz CT molecular complexity index is 961. The second-order valence-corrected chi connectivity index (χ2v) is 5.70. The Morgan fingerprint density at radius 3 is 2.42 bits per heavy atom. The highest BCUT2D eigenvalue weighted by atomic mass is 16.6. The molecule has 6 nitrogen and oxygen atoms in total. The van der Waals surface area contributed by atoms with Crippen LogP contribution in [0.5, 0.6) is 11.5 Å². The number of carbonyl (C=O) groups is 2. The lowest BCUT2D eigenvalue weighted by Gasteiger charge is -2.10. The Morgan fingerprint density at radius 1 is 1.04 bits per heavy atom. The molecule has 0 atom stereocenters. The molecule has 0 bridgehead atoms. The molecule has 0 aliphatic heterocycles. The minimum Gasteiger partial charge on any atom is -0.493 e. The smallest absolute Gasteiger partial charge is 0.347 e. The molecule has 1 aromatic heterocycles. The maximum Gasteiger partial charge on any atom is 0.347 e. The first-order chi connectivity index (χ1) is 12.5. The third-order valence-electron chi connectivity index (χ3n) is 4.00. The lowest BCUT2D eigenvalue weighted by Crippen LogP contribution is -2.11. The van der Waals surface area contributed by atoms with Gasteiger partial charge in [-0.05, 0) is 44.2 Å². The van der Waals surface area contributed by atoms with Crippen LogP contribution in [0.15, 0.2) is 54.7 Å². The second kappa shape index (κ2) is 7.23. The zero-order valence-electron chi connectivity index (χ0n) is 14.7. The molecule has 3 aromatic rings. The summed E-state index contributed by atoms with van der Waals surface area (Å²) in [5.74, 6) is -0.0757. The standard InChI is InChI=1S/C20H18N2O4/c1-13-17(12-21-22(13)16-7-5-4-6-8-16)20(24)26-18-10-9-15(14(2)23)11-19(18)25-3/h4-12H,1-3H3. The molecule has 0 N–H and O–H groups in total. The van der Waals surface area contributed by atoms with Crippen molar-refractivity contribution in [2.75, 3.05) is 7.11 Å². The number of nitrogens with zero attached hydrogens (tertiary/aromatic N) is 2. The maximum absolute atomic E-state index is 12.6. The number of aromatic nitrogens is 2. The lowest BCUT2D eigenvalue weighted by molar-refractivity contribution is 0.0729. The van der Waals surface area contributed by atoms with E-state index in [1.165, 1.54) is 20.2 Å². The van der Waals surface area contributed by atoms with Gasteiger partial charge in [-0.15, -0.1) is 0 Å². The van der Waals surface area contributed by atoms with Gasteiger partial charge in [0.15, 0.2) is 17.3 Å². The lowest BCUT2D eigenvalue weighted by atomic mass is 10.1. The molecule has 3 rings (SSSR count). The van der Waals surface area contributed by atoms with Gasteiger partial charge in [-0.25, -0.2) is 9.48 Å². The molecule has 0 saturated heterocycles. The van der Waals surface area contributed by atoms with Gasteiger partial charge in [0, 0.05) is 5.56 Å². The summed E-state index contributed by atoms with van der Waals surface area (Å²) in [5, 5.41) is 4.27. The van der Waals surface area contributed by atoms with E-state index in [1.807, 2.05) is 30.3 Å². The molecule has 0 aliphatic carbocycles. The summed E-state index contributed by atoms with van der Waals surface area (Å²) in [6, 6.07) is 14.2. The van der Waals surface area contributed by atoms with Crippen LogP contribution in [0, 0.1) is 6.92 Å². The van der Waals surface area contributed by atoms with Crippen LogP contribution in [-0.2, 0) is 0 Å². The minimum absolute atomic E-state index is 0.0961. The van der Waals surface area contributed by atoms with Gasteiger partial charge in [-0.3, -0.25) is 4.79 Å². The molecule has 0 spiro atoms. The fourth-order valence-corrected chi connectivity index (χ4v) is 2.57. The molecule has 132 valence electrons. The van der Waals surface area contributed by atoms with E-state index in [2.05, 4.69) is 5.10 Å². The van der Waals surface area contributed by atoms with Gasteiger partial charge in [0.05, 0.1) is 24.7 Å². The Balaban J connectivity index is 1.88. The van der Waals surface area contributed by atoms with Crippen molar-refractivity contribution >= 4 is 11.8 Å². The molecule has 2 aromatic carbocycles. The number of hydrogen-bond donors (Lipinski definition) is 0. The van der Waals surface area contributed by atoms with Crippen molar-refractivity contribution in [1.82, 2.24) is 9.78 Å². The highest BCUT2D eigenvalue weighted by Gasteiger charge is 2.19. The zero-order valence-corrected chi connectivity index (χ0v) is 14.7. The Hall–Kier alpha value is -3.41. The van der Waals surface area contributed by atoms with Crippen LogP contribution in [0.4, 0.5) is 0 Å². The Morgan fingerprint density at radius 2 is 1.77 bits per heavy atom. The molecule has 6 heteroatoms. The van der Waals surface area contributed by atoms with Crippen LogP contribution in [-0.4, -0.2) is 28.6 Å². The number of ketones is 1. The maximum atomic E-state index is 12.6. The van der Waals surface area contributed by atoms with Crippen molar-refractivity contribution in [2.45, 2.75) is 13.8 Å². The molecule has 26 heavy (non-hydrogen) atoms. The first-order valence-corrected chi connectivity index (χ1v) is 8.02. The third kappa shape index (κ3) is 3.35. The van der Waals surface area contributed by atoms with E-state index in [9.17, 15) is 9.59 Å². The van der Waals surface area contributed by atoms with Gasteiger partial charge in [0.25, 0.3) is 0 Å². The predicted molar refractivity (Wildman–Crippen MR) is 96.3 cm³/mol. The van der Waals surface area contributed by atoms with Crippen LogP contribution in [0.25, 0.3) is 5.69 Å². The van der Waals surface area contributed by atoms with E-state index in [1.54, 1.807) is 29.8 Å². The van der Waals surface area contributed by atoms with Gasteiger partial charge in [-0.2, -0.15) is 5.10 Å². The van der Waals surface area contributed by atoms with Crippen molar-refractivity contribution in [1.29, 1.82) is 0 Å². The number of hydrogen-bond acceptors (Lipinski definition) is 5. The Kier molecular flexibility index (Phi) is 4.84. The molecule has 0 amide bonds. The van der Waals surface area contributed by atoms with Gasteiger partial charge in [0.1, 0.15) is 5.56 Å². The average molecular weight is 350 g/mol. The molecule has 0 unspecified atom stereocenters. The van der Waals surface area contributed by atoms with Crippen LogP contribution >= 0.6 is 0 Å². The van der Waals surface area contributed by atoms with E-state index in [0.717, 1.165) is 5.69 Å². The number of ether oxygens (including phenoxy) is 2. The molecular weight excluding hydrogens is 332 g/mol. The minimum atomic E-state index is -0.543. The number of esters is 1. The van der Waals surface area contributed by atoms with E-state index in [-0.39, 0.29) is 11.5 Å². The number of carbonyl (C=O) groups excluding carboxylic acids is 2. The quantitative estimate of drug-likeness (QED) is 0.399. The number of Topliss-reactive ketones (excluding diaryl/α,β-unsaturated/α-hetero) is 1. The van der Waals surface area contributed by atoms with Gasteiger partial charge < -0.3 is 9.47 Å². The molecule has 0 fully saturated rings. The predicted octanol–water partition coefficient (Wildman–Crippen LogP) is 3.61. The van der Waals surface area contributed by atoms with Crippen molar-refractivity contribution in [3.63, 3.8) is 0 Å². The van der Waals surface area contributed by atoms with Crippen molar-refractivity contribution in [3.05, 3.63) is 71.5 Å². The number of benzene rings is 2. The van der Waals surface area contributed by atoms with Crippen molar-refractivity contribution in [2.24, 2.45) is 0 Å². The summed E-state index contributed by atoms with van der Waals surface area (Å²) in [7, 11) is 1.45. The fraction of sp³-hybridized carbons (Fsp3) is 0.150. The van der Waals surface area contributed by atoms with Gasteiger partial charge in [-0.1, -0.05) is 18.2 Å². The number of rotatable bonds is 5. The molecule has 1 heterocycles. The molecule has 0 radical (unpaired) electrons. The van der Waals surface area contributed by atoms with Gasteiger partial charge >= 0.3 is 5.97 Å². The normalized spacial score (nSPS) is 10.4. The zero-order chi connectivity index (χ0) is 18.7. The van der Waals surface area contributed by atoms with Crippen LogP contribution < -0.4 is 9.47 Å². The summed E-state index contributed by atoms with van der Waals surface area (Å²) in [6.07, 6.45) is 1.47.